The van der Waals surface area contributed by atoms with E-state index in [1.165, 1.54) is 12.0 Å². The lowest BCUT2D eigenvalue weighted by Gasteiger charge is -2.34. The second kappa shape index (κ2) is 14.6. The summed E-state index contributed by atoms with van der Waals surface area (Å²) < 4.78 is 29.6. The molecule has 12 heteroatoms. The van der Waals surface area contributed by atoms with Gasteiger partial charge in [0.05, 0.1) is 32.9 Å². The molecule has 252 valence electrons. The Kier molecular flexibility index (Phi) is 10.8. The number of alkyl halides is 1. The number of hydrogen-bond donors (Lipinski definition) is 1. The molecule has 0 spiro atoms. The van der Waals surface area contributed by atoms with Crippen LogP contribution in [0.15, 0.2) is 18.2 Å². The number of amides is 2. The molecule has 2 aromatic rings. The maximum absolute atomic E-state index is 14.2. The summed E-state index contributed by atoms with van der Waals surface area (Å²) in [6.45, 7) is 6.23. The number of hydrogen-bond acceptors (Lipinski definition) is 9. The van der Waals surface area contributed by atoms with Crippen molar-refractivity contribution in [3.8, 4) is 17.4 Å². The monoisotopic (exact) mass is 703 g/mol. The zero-order valence-corrected chi connectivity index (χ0v) is 29.0. The number of benzene rings is 1. The molecule has 2 fully saturated rings. The number of esters is 1. The zero-order valence-electron chi connectivity index (χ0n) is 27.4. The van der Waals surface area contributed by atoms with Crippen molar-refractivity contribution in [1.29, 1.82) is 0 Å². The average molecular weight is 705 g/mol. The number of rotatable bonds is 6. The Hall–Kier alpha value is -3.28. The van der Waals surface area contributed by atoms with Gasteiger partial charge in [0.25, 0.3) is 0 Å². The maximum atomic E-state index is 14.2. The van der Waals surface area contributed by atoms with Crippen LogP contribution >= 0.6 is 15.9 Å². The van der Waals surface area contributed by atoms with E-state index in [9.17, 15) is 14.4 Å². The fourth-order valence-corrected chi connectivity index (χ4v) is 6.66. The first-order chi connectivity index (χ1) is 22.0. The van der Waals surface area contributed by atoms with E-state index in [0.717, 1.165) is 60.6 Å². The zero-order chi connectivity index (χ0) is 33.0. The number of alkyl carbamates (subject to hydrolysis) is 1. The minimum Gasteiger partial charge on any atom is -0.494 e. The van der Waals surface area contributed by atoms with Crippen molar-refractivity contribution in [1.82, 2.24) is 15.2 Å². The highest BCUT2D eigenvalue weighted by Gasteiger charge is 2.47. The summed E-state index contributed by atoms with van der Waals surface area (Å²) in [6.07, 6.45) is 5.00. The van der Waals surface area contributed by atoms with Gasteiger partial charge in [-0.2, -0.15) is 0 Å². The van der Waals surface area contributed by atoms with Crippen LogP contribution in [0.1, 0.15) is 71.3 Å². The number of carbonyl (C=O) groups excluding carboxylic acids is 3. The van der Waals surface area contributed by atoms with Crippen LogP contribution in [0.4, 0.5) is 4.79 Å². The number of methoxy groups -OCH3 is 2. The van der Waals surface area contributed by atoms with Crippen molar-refractivity contribution in [2.45, 2.75) is 96.4 Å². The molecule has 1 N–H and O–H groups in total. The maximum Gasteiger partial charge on any atom is 0.408 e. The van der Waals surface area contributed by atoms with E-state index in [0.29, 0.717) is 36.1 Å². The molecule has 1 aromatic carbocycles. The van der Waals surface area contributed by atoms with Crippen molar-refractivity contribution in [3.05, 3.63) is 23.8 Å². The molecule has 2 amide bonds. The van der Waals surface area contributed by atoms with Gasteiger partial charge in [-0.1, -0.05) is 55.6 Å². The van der Waals surface area contributed by atoms with Gasteiger partial charge in [0.15, 0.2) is 0 Å². The largest absolute Gasteiger partial charge is 0.494 e. The predicted octanol–water partition coefficient (Wildman–Crippen LogP) is 5.57. The van der Waals surface area contributed by atoms with Gasteiger partial charge in [0, 0.05) is 17.1 Å². The van der Waals surface area contributed by atoms with Crippen LogP contribution in [-0.4, -0.2) is 84.8 Å². The minimum atomic E-state index is -0.935. The topological polar surface area (TPSA) is 126 Å². The highest BCUT2D eigenvalue weighted by Crippen LogP contribution is 2.42. The van der Waals surface area contributed by atoms with Gasteiger partial charge in [-0.25, -0.2) is 14.6 Å². The summed E-state index contributed by atoms with van der Waals surface area (Å²) >= 11 is 3.50. The summed E-state index contributed by atoms with van der Waals surface area (Å²) in [7, 11) is 2.90. The molecule has 0 radical (unpaired) electrons. The number of carbonyl (C=O) groups is 3. The third-order valence-corrected chi connectivity index (χ3v) is 9.58. The third kappa shape index (κ3) is 7.64. The van der Waals surface area contributed by atoms with E-state index in [4.69, 9.17) is 28.7 Å². The molecule has 46 heavy (non-hydrogen) atoms. The first-order valence-corrected chi connectivity index (χ1v) is 17.4. The van der Waals surface area contributed by atoms with E-state index in [1.54, 1.807) is 7.11 Å². The van der Waals surface area contributed by atoms with Crippen LogP contribution in [-0.2, 0) is 25.5 Å². The summed E-state index contributed by atoms with van der Waals surface area (Å²) in [5.74, 6) is 1.09. The van der Waals surface area contributed by atoms with E-state index in [-0.39, 0.29) is 19.1 Å². The quantitative estimate of drug-likeness (QED) is 0.233. The van der Waals surface area contributed by atoms with Crippen LogP contribution in [0.5, 0.6) is 17.4 Å². The summed E-state index contributed by atoms with van der Waals surface area (Å²) in [5.41, 5.74) is 0.818. The molecule has 5 atom stereocenters. The van der Waals surface area contributed by atoms with E-state index >= 15 is 0 Å². The molecule has 1 aromatic heterocycles. The molecule has 3 aliphatic rings. The van der Waals surface area contributed by atoms with Crippen molar-refractivity contribution < 1.29 is 38.1 Å². The Morgan fingerprint density at radius 3 is 2.65 bits per heavy atom. The van der Waals surface area contributed by atoms with Gasteiger partial charge in [-0.15, -0.1) is 0 Å². The molecule has 2 aliphatic heterocycles. The van der Waals surface area contributed by atoms with Crippen molar-refractivity contribution in [3.63, 3.8) is 0 Å². The van der Waals surface area contributed by atoms with Gasteiger partial charge < -0.3 is 33.9 Å². The number of halogens is 1. The van der Waals surface area contributed by atoms with Gasteiger partial charge in [-0.05, 0) is 55.6 Å². The van der Waals surface area contributed by atoms with E-state index < -0.39 is 41.6 Å². The van der Waals surface area contributed by atoms with Crippen LogP contribution in [0.2, 0.25) is 0 Å². The van der Waals surface area contributed by atoms with Gasteiger partial charge >= 0.3 is 12.1 Å². The number of aromatic nitrogens is 1. The SMILES string of the molecule is COC(=O)[C@@H]1C[C@@H]2CN1C(=O)[C@H](C(C)(C)C)NC(=O)O[C@@H]1CC1CCCCCc1c(nc3c(OC)cccc3c1OCCCBr)O2. The second-order valence-electron chi connectivity index (χ2n) is 13.5. The lowest BCUT2D eigenvalue weighted by atomic mass is 9.85. The number of nitrogens with one attached hydrogen (secondary N) is 1. The van der Waals surface area contributed by atoms with E-state index in [1.807, 2.05) is 39.0 Å². The van der Waals surface area contributed by atoms with Gasteiger partial charge in [0.1, 0.15) is 41.3 Å². The highest BCUT2D eigenvalue weighted by atomic mass is 79.9. The highest BCUT2D eigenvalue weighted by molar-refractivity contribution is 9.09. The van der Waals surface area contributed by atoms with Crippen molar-refractivity contribution in [2.75, 3.05) is 32.7 Å². The van der Waals surface area contributed by atoms with Crippen LogP contribution in [0.25, 0.3) is 10.9 Å². The number of pyridine rings is 1. The van der Waals surface area contributed by atoms with Crippen molar-refractivity contribution >= 4 is 44.8 Å². The fourth-order valence-electron chi connectivity index (χ4n) is 6.43. The first-order valence-electron chi connectivity index (χ1n) is 16.3. The van der Waals surface area contributed by atoms with Crippen LogP contribution in [0, 0.1) is 11.3 Å². The Morgan fingerprint density at radius 1 is 1.13 bits per heavy atom. The van der Waals surface area contributed by atoms with E-state index in [2.05, 4.69) is 21.2 Å². The number of fused-ring (bicyclic) bond motifs is 5. The lowest BCUT2D eigenvalue weighted by molar-refractivity contribution is -0.152. The number of nitrogens with zero attached hydrogens (tertiary/aromatic N) is 2. The minimum absolute atomic E-state index is 0.109. The molecule has 2 bridgehead atoms. The lowest BCUT2D eigenvalue weighted by Crippen LogP contribution is -2.57. The normalized spacial score (nSPS) is 25.6. The molecule has 1 saturated heterocycles. The van der Waals surface area contributed by atoms with Gasteiger partial charge in [0.2, 0.25) is 11.8 Å². The fraction of sp³-hybridized carbons (Fsp3) is 0.647. The third-order valence-electron chi connectivity index (χ3n) is 9.02. The Balaban J connectivity index is 1.56. The standard InChI is InChI=1S/C34H46BrN3O8/c1-34(2,3)29-31(39)38-19-21(18-24(38)32(40)43-5)45-30-23(12-8-6-7-11-20-17-26(20)46-33(41)37-29)28(44-16-10-15-35)22-13-9-14-25(42-4)27(22)36-30/h9,13-14,20-21,24,26,29H,6-8,10-12,15-19H2,1-5H3,(H,37,41)/t20?,21-,24+,26-,29-/m1/s1. The molecular weight excluding hydrogens is 658 g/mol. The first kappa shape index (κ1) is 34.1. The van der Waals surface area contributed by atoms with Gasteiger partial charge in [-0.3, -0.25) is 4.79 Å². The Bertz CT molecular complexity index is 1430. The number of ether oxygens (including phenoxy) is 5. The average Bonchev–Trinajstić information content (AvgIpc) is 3.61. The van der Waals surface area contributed by atoms with Crippen molar-refractivity contribution in [2.24, 2.45) is 11.3 Å². The molecule has 5 rings (SSSR count). The predicted molar refractivity (Wildman–Crippen MR) is 176 cm³/mol. The molecule has 11 nitrogen and oxygen atoms in total. The Morgan fingerprint density at radius 2 is 1.93 bits per heavy atom. The summed E-state index contributed by atoms with van der Waals surface area (Å²) in [6, 6.07) is 3.93. The second-order valence-corrected chi connectivity index (χ2v) is 14.3. The summed E-state index contributed by atoms with van der Waals surface area (Å²) in [5, 5.41) is 4.47. The molecular formula is C34H46BrN3O8. The Labute approximate surface area is 279 Å². The van der Waals surface area contributed by atoms with Crippen LogP contribution < -0.4 is 19.5 Å². The molecule has 1 aliphatic carbocycles. The number of para-hydroxylation sites is 1. The molecule has 3 heterocycles. The molecule has 1 unspecified atom stereocenters. The smallest absolute Gasteiger partial charge is 0.408 e. The van der Waals surface area contributed by atoms with Crippen LogP contribution in [0.3, 0.4) is 0 Å². The molecule has 1 saturated carbocycles. The summed E-state index contributed by atoms with van der Waals surface area (Å²) in [4.78, 5) is 46.6.